The Morgan fingerprint density at radius 2 is 1.55 bits per heavy atom. The number of aromatic nitrogens is 2. The Labute approximate surface area is 187 Å². The molecule has 4 rings (SSSR count). The van der Waals surface area contributed by atoms with Gasteiger partial charge in [0.2, 0.25) is 11.5 Å². The molecule has 8 nitrogen and oxygen atoms in total. The van der Waals surface area contributed by atoms with Crippen molar-refractivity contribution in [3.63, 3.8) is 0 Å². The summed E-state index contributed by atoms with van der Waals surface area (Å²) in [5, 5.41) is 11.6. The van der Waals surface area contributed by atoms with Crippen LogP contribution in [-0.4, -0.2) is 26.0 Å². The van der Waals surface area contributed by atoms with Crippen molar-refractivity contribution < 1.29 is 23.6 Å². The number of carbonyl (C=O) groups excluding carboxylic acids is 2. The minimum absolute atomic E-state index is 0.0611. The average Bonchev–Trinajstić information content (AvgIpc) is 3.25. The lowest BCUT2D eigenvalue weighted by molar-refractivity contribution is -0.385. The second kappa shape index (κ2) is 8.83. The van der Waals surface area contributed by atoms with Gasteiger partial charge in [-0.15, -0.1) is 0 Å². The van der Waals surface area contributed by atoms with Gasteiger partial charge in [-0.3, -0.25) is 19.7 Å². The summed E-state index contributed by atoms with van der Waals surface area (Å²) in [5.74, 6) is -0.847. The third-order valence-corrected chi connectivity index (χ3v) is 4.89. The van der Waals surface area contributed by atoms with Crippen LogP contribution in [0.2, 0.25) is 0 Å². The van der Waals surface area contributed by atoms with Gasteiger partial charge in [0, 0.05) is 42.2 Å². The molecule has 0 aliphatic rings. The highest BCUT2D eigenvalue weighted by Gasteiger charge is 2.22. The molecule has 0 atom stereocenters. The van der Waals surface area contributed by atoms with Gasteiger partial charge < -0.3 is 9.30 Å². The molecule has 1 aromatic heterocycles. The maximum Gasteiger partial charge on any atom is 0.312 e. The number of carbonyl (C=O) groups is 2. The SMILES string of the molecule is Cn1ccnc1C(=O)c1ccc(Oc2ccc(C(=O)c3ccc(F)cc3)cc2)c([N+](=O)[O-])c1. The monoisotopic (exact) mass is 445 g/mol. The summed E-state index contributed by atoms with van der Waals surface area (Å²) < 4.78 is 20.2. The summed E-state index contributed by atoms with van der Waals surface area (Å²) >= 11 is 0. The molecule has 0 aliphatic heterocycles. The van der Waals surface area contributed by atoms with Crippen molar-refractivity contribution in [3.05, 3.63) is 118 Å². The van der Waals surface area contributed by atoms with E-state index in [1.807, 2.05) is 0 Å². The molecule has 33 heavy (non-hydrogen) atoms. The molecule has 0 N–H and O–H groups in total. The molecule has 0 bridgehead atoms. The van der Waals surface area contributed by atoms with E-state index in [9.17, 15) is 24.1 Å². The number of nitro groups is 1. The van der Waals surface area contributed by atoms with Crippen LogP contribution in [-0.2, 0) is 7.05 Å². The molecule has 164 valence electrons. The van der Waals surface area contributed by atoms with E-state index in [1.165, 1.54) is 71.4 Å². The minimum Gasteiger partial charge on any atom is -0.450 e. The molecular weight excluding hydrogens is 429 g/mol. The van der Waals surface area contributed by atoms with Gasteiger partial charge in [-0.25, -0.2) is 9.37 Å². The van der Waals surface area contributed by atoms with E-state index < -0.39 is 16.5 Å². The highest BCUT2D eigenvalue weighted by molar-refractivity contribution is 6.09. The molecule has 0 spiro atoms. The molecule has 0 radical (unpaired) electrons. The second-order valence-corrected chi connectivity index (χ2v) is 7.09. The van der Waals surface area contributed by atoms with Crippen LogP contribution in [0.25, 0.3) is 0 Å². The Balaban J connectivity index is 1.56. The summed E-state index contributed by atoms with van der Waals surface area (Å²) in [5.41, 5.74) is 0.387. The van der Waals surface area contributed by atoms with E-state index in [2.05, 4.69) is 4.98 Å². The molecule has 0 amide bonds. The molecule has 4 aromatic rings. The Hall–Kier alpha value is -4.66. The van der Waals surface area contributed by atoms with Crippen LogP contribution in [0.3, 0.4) is 0 Å². The summed E-state index contributed by atoms with van der Waals surface area (Å²) in [6, 6.07) is 15.1. The fourth-order valence-electron chi connectivity index (χ4n) is 3.17. The van der Waals surface area contributed by atoms with E-state index >= 15 is 0 Å². The zero-order chi connectivity index (χ0) is 23.5. The van der Waals surface area contributed by atoms with E-state index in [0.717, 1.165) is 6.07 Å². The molecule has 3 aromatic carbocycles. The molecule has 0 saturated carbocycles. The summed E-state index contributed by atoms with van der Waals surface area (Å²) in [6.07, 6.45) is 3.06. The van der Waals surface area contributed by atoms with Gasteiger partial charge in [0.05, 0.1) is 4.92 Å². The lowest BCUT2D eigenvalue weighted by Gasteiger charge is -2.09. The van der Waals surface area contributed by atoms with Crippen LogP contribution >= 0.6 is 0 Å². The van der Waals surface area contributed by atoms with Crippen LogP contribution < -0.4 is 4.74 Å². The van der Waals surface area contributed by atoms with Crippen molar-refractivity contribution in [1.82, 2.24) is 9.55 Å². The van der Waals surface area contributed by atoms with Gasteiger partial charge >= 0.3 is 5.69 Å². The first-order valence-corrected chi connectivity index (χ1v) is 9.72. The standard InChI is InChI=1S/C24H16FN3O5/c1-27-13-12-26-24(27)23(30)17-6-11-21(20(14-17)28(31)32)33-19-9-4-16(5-10-19)22(29)15-2-7-18(25)8-3-15/h2-14H,1H3. The summed E-state index contributed by atoms with van der Waals surface area (Å²) in [6.45, 7) is 0. The van der Waals surface area contributed by atoms with Crippen molar-refractivity contribution in [2.75, 3.05) is 0 Å². The first kappa shape index (κ1) is 21.6. The number of rotatable bonds is 7. The summed E-state index contributed by atoms with van der Waals surface area (Å²) in [4.78, 5) is 40.0. The fraction of sp³-hybridized carbons (Fsp3) is 0.0417. The topological polar surface area (TPSA) is 104 Å². The Morgan fingerprint density at radius 3 is 2.12 bits per heavy atom. The van der Waals surface area contributed by atoms with Crippen LogP contribution in [0, 0.1) is 15.9 Å². The third kappa shape index (κ3) is 4.52. The van der Waals surface area contributed by atoms with Gasteiger partial charge in [0.25, 0.3) is 0 Å². The predicted molar refractivity (Wildman–Crippen MR) is 116 cm³/mol. The van der Waals surface area contributed by atoms with Crippen molar-refractivity contribution in [3.8, 4) is 11.5 Å². The van der Waals surface area contributed by atoms with E-state index in [1.54, 1.807) is 13.2 Å². The molecule has 9 heteroatoms. The maximum atomic E-state index is 13.1. The van der Waals surface area contributed by atoms with Gasteiger partial charge in [0.15, 0.2) is 11.6 Å². The zero-order valence-corrected chi connectivity index (χ0v) is 17.3. The number of aryl methyl sites for hydroxylation is 1. The van der Waals surface area contributed by atoms with Crippen molar-refractivity contribution in [2.45, 2.75) is 0 Å². The highest BCUT2D eigenvalue weighted by Crippen LogP contribution is 2.33. The van der Waals surface area contributed by atoms with Crippen LogP contribution in [0.15, 0.2) is 79.1 Å². The van der Waals surface area contributed by atoms with Gasteiger partial charge in [-0.1, -0.05) is 0 Å². The molecule has 0 saturated heterocycles. The van der Waals surface area contributed by atoms with Gasteiger partial charge in [0.1, 0.15) is 11.6 Å². The van der Waals surface area contributed by atoms with Crippen molar-refractivity contribution in [1.29, 1.82) is 0 Å². The van der Waals surface area contributed by atoms with Gasteiger partial charge in [-0.05, 0) is 60.7 Å². The molecule has 1 heterocycles. The number of halogens is 1. The first-order valence-electron chi connectivity index (χ1n) is 9.72. The second-order valence-electron chi connectivity index (χ2n) is 7.09. The Kier molecular flexibility index (Phi) is 5.77. The Morgan fingerprint density at radius 1 is 0.939 bits per heavy atom. The van der Waals surface area contributed by atoms with E-state index in [-0.39, 0.29) is 34.4 Å². The number of hydrogen-bond donors (Lipinski definition) is 0. The quantitative estimate of drug-likeness (QED) is 0.232. The number of hydrogen-bond acceptors (Lipinski definition) is 6. The average molecular weight is 445 g/mol. The molecule has 0 fully saturated rings. The fourth-order valence-corrected chi connectivity index (χ4v) is 3.17. The molecular formula is C24H16FN3O5. The number of ether oxygens (including phenoxy) is 1. The van der Waals surface area contributed by atoms with Crippen LogP contribution in [0.5, 0.6) is 11.5 Å². The predicted octanol–water partition coefficient (Wildman–Crippen LogP) is 4.72. The largest absolute Gasteiger partial charge is 0.450 e. The number of ketones is 2. The first-order chi connectivity index (χ1) is 15.8. The number of benzene rings is 3. The molecule has 0 aliphatic carbocycles. The van der Waals surface area contributed by atoms with Crippen LogP contribution in [0.4, 0.5) is 10.1 Å². The summed E-state index contributed by atoms with van der Waals surface area (Å²) in [7, 11) is 1.65. The van der Waals surface area contributed by atoms with E-state index in [0.29, 0.717) is 11.1 Å². The normalized spacial score (nSPS) is 10.6. The maximum absolute atomic E-state index is 13.1. The molecule has 0 unspecified atom stereocenters. The smallest absolute Gasteiger partial charge is 0.312 e. The zero-order valence-electron chi connectivity index (χ0n) is 17.3. The third-order valence-electron chi connectivity index (χ3n) is 4.89. The van der Waals surface area contributed by atoms with Crippen LogP contribution in [0.1, 0.15) is 32.1 Å². The minimum atomic E-state index is -0.642. The number of nitrogens with zero attached hydrogens (tertiary/aromatic N) is 3. The highest BCUT2D eigenvalue weighted by atomic mass is 19.1. The van der Waals surface area contributed by atoms with Crippen molar-refractivity contribution >= 4 is 17.3 Å². The van der Waals surface area contributed by atoms with Gasteiger partial charge in [-0.2, -0.15) is 0 Å². The van der Waals surface area contributed by atoms with E-state index in [4.69, 9.17) is 4.74 Å². The lowest BCUT2D eigenvalue weighted by Crippen LogP contribution is -2.09. The Bertz CT molecular complexity index is 1360. The lowest BCUT2D eigenvalue weighted by atomic mass is 10.0. The number of nitro benzene ring substituents is 1. The number of imidazole rings is 1. The van der Waals surface area contributed by atoms with Crippen molar-refractivity contribution in [2.24, 2.45) is 7.05 Å².